The van der Waals surface area contributed by atoms with E-state index in [1.165, 1.54) is 5.56 Å². The van der Waals surface area contributed by atoms with Crippen molar-refractivity contribution < 1.29 is 19.1 Å². The zero-order valence-corrected chi connectivity index (χ0v) is 20.5. The first-order chi connectivity index (χ1) is 17.1. The van der Waals surface area contributed by atoms with E-state index in [9.17, 15) is 9.59 Å². The summed E-state index contributed by atoms with van der Waals surface area (Å²) in [4.78, 5) is 30.3. The van der Waals surface area contributed by atoms with Gasteiger partial charge in [0.1, 0.15) is 5.75 Å². The van der Waals surface area contributed by atoms with Gasteiger partial charge in [0.25, 0.3) is 0 Å². The van der Waals surface area contributed by atoms with Crippen molar-refractivity contribution in [3.63, 3.8) is 0 Å². The smallest absolute Gasteiger partial charge is 0.338 e. The quantitative estimate of drug-likeness (QED) is 0.539. The fourth-order valence-electron chi connectivity index (χ4n) is 4.54. The molecular formula is C27H34N4O4. The van der Waals surface area contributed by atoms with Gasteiger partial charge in [0.15, 0.2) is 0 Å². The monoisotopic (exact) mass is 478 g/mol. The van der Waals surface area contributed by atoms with Gasteiger partial charge in [0, 0.05) is 45.0 Å². The Bertz CT molecular complexity index is 1030. The van der Waals surface area contributed by atoms with E-state index in [2.05, 4.69) is 44.7 Å². The number of esters is 1. The summed E-state index contributed by atoms with van der Waals surface area (Å²) in [6, 6.07) is 17.0. The maximum Gasteiger partial charge on any atom is 0.338 e. The fourth-order valence-corrected chi connectivity index (χ4v) is 4.54. The molecule has 2 heterocycles. The van der Waals surface area contributed by atoms with Gasteiger partial charge in [-0.2, -0.15) is 0 Å². The van der Waals surface area contributed by atoms with Crippen LogP contribution in [0, 0.1) is 0 Å². The van der Waals surface area contributed by atoms with Crippen LogP contribution in [-0.4, -0.2) is 67.7 Å². The van der Waals surface area contributed by atoms with Crippen LogP contribution in [0.1, 0.15) is 31.0 Å². The zero-order valence-electron chi connectivity index (χ0n) is 20.5. The van der Waals surface area contributed by atoms with E-state index in [1.807, 2.05) is 37.3 Å². The number of hydrogen-bond acceptors (Lipinski definition) is 6. The van der Waals surface area contributed by atoms with Crippen molar-refractivity contribution in [3.05, 3.63) is 77.0 Å². The first-order valence-corrected chi connectivity index (χ1v) is 12.3. The van der Waals surface area contributed by atoms with Crippen molar-refractivity contribution in [2.24, 2.45) is 0 Å². The predicted octanol–water partition coefficient (Wildman–Crippen LogP) is 3.07. The average molecular weight is 479 g/mol. The summed E-state index contributed by atoms with van der Waals surface area (Å²) in [7, 11) is 0. The second-order valence-corrected chi connectivity index (χ2v) is 8.68. The van der Waals surface area contributed by atoms with Crippen LogP contribution >= 0.6 is 0 Å². The molecule has 8 nitrogen and oxygen atoms in total. The molecule has 1 fully saturated rings. The van der Waals surface area contributed by atoms with Crippen LogP contribution in [0.5, 0.6) is 5.75 Å². The number of hydrogen-bond donors (Lipinski definition) is 2. The Morgan fingerprint density at radius 3 is 2.20 bits per heavy atom. The van der Waals surface area contributed by atoms with Crippen molar-refractivity contribution in [2.75, 3.05) is 45.9 Å². The highest BCUT2D eigenvalue weighted by Gasteiger charge is 2.34. The lowest BCUT2D eigenvalue weighted by Gasteiger charge is -2.37. The summed E-state index contributed by atoms with van der Waals surface area (Å²) < 4.78 is 10.9. The van der Waals surface area contributed by atoms with Gasteiger partial charge in [0.2, 0.25) is 0 Å². The van der Waals surface area contributed by atoms with Crippen LogP contribution in [0.4, 0.5) is 4.79 Å². The Kier molecular flexibility index (Phi) is 8.39. The average Bonchev–Trinajstić information content (AvgIpc) is 2.86. The van der Waals surface area contributed by atoms with E-state index in [1.54, 1.807) is 6.92 Å². The summed E-state index contributed by atoms with van der Waals surface area (Å²) in [5.74, 6) is 0.323. The van der Waals surface area contributed by atoms with E-state index < -0.39 is 12.0 Å². The second-order valence-electron chi connectivity index (χ2n) is 8.68. The van der Waals surface area contributed by atoms with Crippen molar-refractivity contribution >= 4 is 12.0 Å². The van der Waals surface area contributed by atoms with E-state index in [0.29, 0.717) is 24.4 Å². The number of piperazine rings is 1. The fraction of sp³-hybridized carbons (Fsp3) is 0.407. The largest absolute Gasteiger partial charge is 0.494 e. The van der Waals surface area contributed by atoms with Crippen LogP contribution in [0.2, 0.25) is 0 Å². The third kappa shape index (κ3) is 6.41. The van der Waals surface area contributed by atoms with E-state index >= 15 is 0 Å². The maximum absolute atomic E-state index is 13.0. The molecule has 0 aromatic heterocycles. The van der Waals surface area contributed by atoms with E-state index in [-0.39, 0.29) is 12.6 Å². The molecule has 186 valence electrons. The molecule has 4 rings (SSSR count). The zero-order chi connectivity index (χ0) is 24.6. The number of benzene rings is 2. The molecule has 8 heteroatoms. The molecule has 2 aromatic carbocycles. The van der Waals surface area contributed by atoms with Gasteiger partial charge in [-0.1, -0.05) is 42.5 Å². The minimum absolute atomic E-state index is 0.262. The normalized spacial score (nSPS) is 19.1. The molecule has 1 unspecified atom stereocenters. The lowest BCUT2D eigenvalue weighted by molar-refractivity contribution is -0.139. The molecule has 2 amide bonds. The van der Waals surface area contributed by atoms with Crippen molar-refractivity contribution in [1.29, 1.82) is 0 Å². The summed E-state index contributed by atoms with van der Waals surface area (Å²) in [5.41, 5.74) is 3.15. The third-order valence-electron chi connectivity index (χ3n) is 6.27. The molecule has 2 N–H and O–H groups in total. The molecule has 35 heavy (non-hydrogen) atoms. The number of ether oxygens (including phenoxy) is 2. The topological polar surface area (TPSA) is 83.1 Å². The first kappa shape index (κ1) is 24.8. The van der Waals surface area contributed by atoms with Crippen molar-refractivity contribution in [3.8, 4) is 5.75 Å². The molecule has 2 aliphatic heterocycles. The van der Waals surface area contributed by atoms with Gasteiger partial charge < -0.3 is 20.1 Å². The van der Waals surface area contributed by atoms with Crippen LogP contribution in [0.3, 0.4) is 0 Å². The van der Waals surface area contributed by atoms with E-state index in [0.717, 1.165) is 44.0 Å². The molecule has 2 aliphatic rings. The number of urea groups is 1. The van der Waals surface area contributed by atoms with Crippen LogP contribution < -0.4 is 15.4 Å². The SMILES string of the molecule is CCOC(=O)C1=C(CN2CCN(Cc3ccccc3)CC2)NC(=O)NC1c1ccc(OCC)cc1. The molecule has 0 saturated carbocycles. The van der Waals surface area contributed by atoms with Gasteiger partial charge >= 0.3 is 12.0 Å². The third-order valence-corrected chi connectivity index (χ3v) is 6.27. The first-order valence-electron chi connectivity index (χ1n) is 12.3. The molecule has 1 atom stereocenters. The molecule has 0 bridgehead atoms. The molecule has 0 radical (unpaired) electrons. The Morgan fingerprint density at radius 1 is 0.914 bits per heavy atom. The minimum Gasteiger partial charge on any atom is -0.494 e. The van der Waals surface area contributed by atoms with Gasteiger partial charge in [-0.3, -0.25) is 9.80 Å². The lowest BCUT2D eigenvalue weighted by Crippen LogP contribution is -2.51. The standard InChI is InChI=1S/C27H34N4O4/c1-3-34-22-12-10-21(11-13-22)25-24(26(32)35-4-2)23(28-27(33)29-25)19-31-16-14-30(15-17-31)18-20-8-6-5-7-9-20/h5-13,25H,3-4,14-19H2,1-2H3,(H2,28,29,33). The van der Waals surface area contributed by atoms with Crippen LogP contribution in [-0.2, 0) is 16.1 Å². The lowest BCUT2D eigenvalue weighted by atomic mass is 9.94. The predicted molar refractivity (Wildman–Crippen MR) is 134 cm³/mol. The molecule has 2 aromatic rings. The number of rotatable bonds is 9. The van der Waals surface area contributed by atoms with Crippen LogP contribution in [0.25, 0.3) is 0 Å². The number of nitrogens with one attached hydrogen (secondary N) is 2. The summed E-state index contributed by atoms with van der Waals surface area (Å²) >= 11 is 0. The Morgan fingerprint density at radius 2 is 1.57 bits per heavy atom. The molecular weight excluding hydrogens is 444 g/mol. The highest BCUT2D eigenvalue weighted by Crippen LogP contribution is 2.29. The highest BCUT2D eigenvalue weighted by atomic mass is 16.5. The Labute approximate surface area is 206 Å². The highest BCUT2D eigenvalue weighted by molar-refractivity contribution is 5.95. The van der Waals surface area contributed by atoms with Gasteiger partial charge in [0.05, 0.1) is 24.8 Å². The van der Waals surface area contributed by atoms with Gasteiger partial charge in [-0.25, -0.2) is 9.59 Å². The summed E-state index contributed by atoms with van der Waals surface area (Å²) in [5, 5.41) is 5.78. The second kappa shape index (κ2) is 11.9. The number of carbonyl (C=O) groups excluding carboxylic acids is 2. The Balaban J connectivity index is 1.50. The molecule has 0 spiro atoms. The number of amides is 2. The molecule has 1 saturated heterocycles. The summed E-state index contributed by atoms with van der Waals surface area (Å²) in [6.07, 6.45) is 0. The van der Waals surface area contributed by atoms with E-state index in [4.69, 9.17) is 9.47 Å². The summed E-state index contributed by atoms with van der Waals surface area (Å²) in [6.45, 7) is 9.49. The number of nitrogens with zero attached hydrogens (tertiary/aromatic N) is 2. The molecule has 0 aliphatic carbocycles. The minimum atomic E-state index is -0.590. The Hall–Kier alpha value is -3.36. The maximum atomic E-state index is 13.0. The number of carbonyl (C=O) groups is 2. The van der Waals surface area contributed by atoms with Gasteiger partial charge in [-0.05, 0) is 37.1 Å². The van der Waals surface area contributed by atoms with Gasteiger partial charge in [-0.15, -0.1) is 0 Å². The van der Waals surface area contributed by atoms with Crippen molar-refractivity contribution in [2.45, 2.75) is 26.4 Å². The van der Waals surface area contributed by atoms with Crippen LogP contribution in [0.15, 0.2) is 65.9 Å². The van der Waals surface area contributed by atoms with Crippen molar-refractivity contribution in [1.82, 2.24) is 20.4 Å².